The van der Waals surface area contributed by atoms with E-state index >= 15 is 0 Å². The van der Waals surface area contributed by atoms with Crippen LogP contribution in [-0.2, 0) is 15.0 Å². The monoisotopic (exact) mass is 529 g/mol. The van der Waals surface area contributed by atoms with Crippen molar-refractivity contribution in [2.24, 2.45) is 0 Å². The summed E-state index contributed by atoms with van der Waals surface area (Å²) in [6, 6.07) is 18.9. The van der Waals surface area contributed by atoms with E-state index in [1.807, 2.05) is 44.2 Å². The first-order valence-electron chi connectivity index (χ1n) is 13.1. The Hall–Kier alpha value is -4.26. The number of rotatable bonds is 8. The third kappa shape index (κ3) is 5.48. The number of aliphatic hydroxyl groups excluding tert-OH is 1. The topological polar surface area (TPSA) is 85.3 Å². The third-order valence-corrected chi connectivity index (χ3v) is 6.68. The smallest absolute Gasteiger partial charge is 0.300 e. The van der Waals surface area contributed by atoms with Crippen molar-refractivity contribution in [3.05, 3.63) is 89.0 Å². The molecule has 1 fully saturated rings. The zero-order valence-corrected chi connectivity index (χ0v) is 23.3. The summed E-state index contributed by atoms with van der Waals surface area (Å²) in [7, 11) is 1.55. The van der Waals surface area contributed by atoms with Gasteiger partial charge < -0.3 is 19.3 Å². The Labute approximate surface area is 229 Å². The molecule has 0 radical (unpaired) electrons. The number of methoxy groups -OCH3 is 1. The quantitative estimate of drug-likeness (QED) is 0.206. The van der Waals surface area contributed by atoms with E-state index in [-0.39, 0.29) is 16.7 Å². The second-order valence-corrected chi connectivity index (χ2v) is 10.3. The van der Waals surface area contributed by atoms with Gasteiger partial charge in [0, 0.05) is 11.8 Å². The molecular formula is C32H35NO6. The summed E-state index contributed by atoms with van der Waals surface area (Å²) >= 11 is 0. The Balaban J connectivity index is 1.93. The summed E-state index contributed by atoms with van der Waals surface area (Å²) in [5, 5.41) is 11.6. The van der Waals surface area contributed by atoms with Gasteiger partial charge in [0.2, 0.25) is 0 Å². The Kier molecular flexibility index (Phi) is 8.00. The number of Topliss-reactive ketones (excluding diaryl/α,β-unsaturated/α-hetero) is 1. The predicted molar refractivity (Wildman–Crippen MR) is 152 cm³/mol. The molecule has 7 heteroatoms. The molecule has 4 rings (SSSR count). The van der Waals surface area contributed by atoms with Crippen molar-refractivity contribution in [2.75, 3.05) is 25.2 Å². The summed E-state index contributed by atoms with van der Waals surface area (Å²) in [4.78, 5) is 28.6. The van der Waals surface area contributed by atoms with Crippen molar-refractivity contribution in [1.82, 2.24) is 0 Å². The van der Waals surface area contributed by atoms with Gasteiger partial charge in [0.25, 0.3) is 11.7 Å². The number of benzene rings is 3. The Morgan fingerprint density at radius 3 is 2.21 bits per heavy atom. The van der Waals surface area contributed by atoms with Crippen LogP contribution < -0.4 is 19.1 Å². The van der Waals surface area contributed by atoms with Gasteiger partial charge in [-0.2, -0.15) is 0 Å². The van der Waals surface area contributed by atoms with E-state index in [1.54, 1.807) is 43.5 Å². The highest BCUT2D eigenvalue weighted by Crippen LogP contribution is 2.44. The summed E-state index contributed by atoms with van der Waals surface area (Å²) in [6.45, 7) is 10.8. The molecule has 1 amide bonds. The van der Waals surface area contributed by atoms with Crippen LogP contribution in [0.5, 0.6) is 17.2 Å². The number of ketones is 1. The minimum atomic E-state index is -0.887. The van der Waals surface area contributed by atoms with Gasteiger partial charge in [0.15, 0.2) is 0 Å². The van der Waals surface area contributed by atoms with Crippen LogP contribution in [0.1, 0.15) is 57.4 Å². The van der Waals surface area contributed by atoms with Gasteiger partial charge in [-0.3, -0.25) is 14.5 Å². The van der Waals surface area contributed by atoms with Gasteiger partial charge in [0.05, 0.1) is 37.5 Å². The van der Waals surface area contributed by atoms with Gasteiger partial charge in [-0.15, -0.1) is 0 Å². The standard InChI is InChI=1S/C32H35NO6/c1-7-38-24-16-17-25(26(19-24)39-8-2)29(34)27-28(20-10-9-11-23(18-20)37-6)33(31(36)30(27)35)22-14-12-21(13-15-22)32(3,4)5/h9-19,28,34H,7-8H2,1-6H3/b29-27-. The average Bonchev–Trinajstić information content (AvgIpc) is 3.18. The number of anilines is 1. The van der Waals surface area contributed by atoms with Gasteiger partial charge in [-0.05, 0) is 66.8 Å². The second-order valence-electron chi connectivity index (χ2n) is 10.3. The molecule has 204 valence electrons. The SMILES string of the molecule is CCOc1ccc(/C(O)=C2/C(=O)C(=O)N(c3ccc(C(C)(C)C)cc3)C2c2cccc(OC)c2)c(OCC)c1. The fourth-order valence-corrected chi connectivity index (χ4v) is 4.72. The Morgan fingerprint density at radius 1 is 0.897 bits per heavy atom. The fraction of sp³-hybridized carbons (Fsp3) is 0.312. The molecule has 3 aromatic rings. The van der Waals surface area contributed by atoms with Crippen molar-refractivity contribution in [1.29, 1.82) is 0 Å². The first kappa shape index (κ1) is 27.8. The molecule has 1 atom stereocenters. The Morgan fingerprint density at radius 2 is 1.59 bits per heavy atom. The molecule has 1 unspecified atom stereocenters. The van der Waals surface area contributed by atoms with Crippen molar-refractivity contribution < 1.29 is 28.9 Å². The highest BCUT2D eigenvalue weighted by Gasteiger charge is 2.47. The van der Waals surface area contributed by atoms with Crippen molar-refractivity contribution >= 4 is 23.1 Å². The minimum Gasteiger partial charge on any atom is -0.507 e. The van der Waals surface area contributed by atoms with Crippen LogP contribution >= 0.6 is 0 Å². The number of hydrogen-bond donors (Lipinski definition) is 1. The highest BCUT2D eigenvalue weighted by molar-refractivity contribution is 6.51. The fourth-order valence-electron chi connectivity index (χ4n) is 4.72. The van der Waals surface area contributed by atoms with Crippen LogP contribution in [0.3, 0.4) is 0 Å². The van der Waals surface area contributed by atoms with Crippen LogP contribution in [-0.4, -0.2) is 37.1 Å². The molecule has 0 saturated carbocycles. The minimum absolute atomic E-state index is 0.0294. The normalized spacial score (nSPS) is 16.9. The van der Waals surface area contributed by atoms with E-state index in [2.05, 4.69) is 20.8 Å². The molecule has 1 aliphatic rings. The van der Waals surface area contributed by atoms with E-state index in [9.17, 15) is 14.7 Å². The first-order valence-corrected chi connectivity index (χ1v) is 13.1. The average molecular weight is 530 g/mol. The van der Waals surface area contributed by atoms with Gasteiger partial charge in [-0.25, -0.2) is 0 Å². The van der Waals surface area contributed by atoms with Gasteiger partial charge in [-0.1, -0.05) is 45.0 Å². The van der Waals surface area contributed by atoms with Gasteiger partial charge >= 0.3 is 0 Å². The van der Waals surface area contributed by atoms with Crippen LogP contribution in [0.2, 0.25) is 0 Å². The summed E-state index contributed by atoms with van der Waals surface area (Å²) < 4.78 is 16.8. The summed E-state index contributed by atoms with van der Waals surface area (Å²) in [5.41, 5.74) is 2.46. The van der Waals surface area contributed by atoms with E-state index in [0.29, 0.717) is 47.3 Å². The summed E-state index contributed by atoms with van der Waals surface area (Å²) in [5.74, 6) is -0.334. The molecule has 7 nitrogen and oxygen atoms in total. The van der Waals surface area contributed by atoms with Crippen LogP contribution in [0, 0.1) is 0 Å². The number of nitrogens with zero attached hydrogens (tertiary/aromatic N) is 1. The largest absolute Gasteiger partial charge is 0.507 e. The molecule has 1 aliphatic heterocycles. The lowest BCUT2D eigenvalue weighted by molar-refractivity contribution is -0.132. The van der Waals surface area contributed by atoms with E-state index in [4.69, 9.17) is 14.2 Å². The van der Waals surface area contributed by atoms with Crippen molar-refractivity contribution in [2.45, 2.75) is 46.1 Å². The maximum Gasteiger partial charge on any atom is 0.300 e. The number of aliphatic hydroxyl groups is 1. The van der Waals surface area contributed by atoms with Crippen molar-refractivity contribution in [3.63, 3.8) is 0 Å². The molecule has 3 aromatic carbocycles. The molecule has 0 aromatic heterocycles. The Bertz CT molecular complexity index is 1400. The highest BCUT2D eigenvalue weighted by atomic mass is 16.5. The maximum atomic E-state index is 13.6. The zero-order chi connectivity index (χ0) is 28.3. The number of carbonyl (C=O) groups is 2. The molecule has 1 saturated heterocycles. The lowest BCUT2D eigenvalue weighted by Crippen LogP contribution is -2.29. The van der Waals surface area contributed by atoms with Crippen LogP contribution in [0.25, 0.3) is 5.76 Å². The molecule has 0 bridgehead atoms. The third-order valence-electron chi connectivity index (χ3n) is 6.68. The summed E-state index contributed by atoms with van der Waals surface area (Å²) in [6.07, 6.45) is 0. The van der Waals surface area contributed by atoms with Crippen LogP contribution in [0.15, 0.2) is 72.3 Å². The van der Waals surface area contributed by atoms with E-state index in [1.165, 1.54) is 4.90 Å². The van der Waals surface area contributed by atoms with E-state index < -0.39 is 17.7 Å². The van der Waals surface area contributed by atoms with Crippen molar-refractivity contribution in [3.8, 4) is 17.2 Å². The molecule has 1 heterocycles. The number of hydrogen-bond acceptors (Lipinski definition) is 6. The molecule has 1 N–H and O–H groups in total. The maximum absolute atomic E-state index is 13.6. The number of carbonyl (C=O) groups excluding carboxylic acids is 2. The first-order chi connectivity index (χ1) is 18.6. The second kappa shape index (κ2) is 11.2. The lowest BCUT2D eigenvalue weighted by atomic mass is 9.87. The van der Waals surface area contributed by atoms with Crippen LogP contribution in [0.4, 0.5) is 5.69 Å². The molecule has 0 aliphatic carbocycles. The number of ether oxygens (including phenoxy) is 3. The van der Waals surface area contributed by atoms with Gasteiger partial charge in [0.1, 0.15) is 23.0 Å². The predicted octanol–water partition coefficient (Wildman–Crippen LogP) is 6.42. The molecule has 39 heavy (non-hydrogen) atoms. The van der Waals surface area contributed by atoms with E-state index in [0.717, 1.165) is 5.56 Å². The lowest BCUT2D eigenvalue weighted by Gasteiger charge is -2.27. The zero-order valence-electron chi connectivity index (χ0n) is 23.3. The number of amides is 1. The molecular weight excluding hydrogens is 494 g/mol. The molecule has 0 spiro atoms.